The summed E-state index contributed by atoms with van der Waals surface area (Å²) in [5.41, 5.74) is 5.25. The average Bonchev–Trinajstić information content (AvgIpc) is 2.76. The Morgan fingerprint density at radius 1 is 1.14 bits per heavy atom. The van der Waals surface area contributed by atoms with Crippen LogP contribution < -0.4 is 10.2 Å². The fourth-order valence-electron chi connectivity index (χ4n) is 2.73. The van der Waals surface area contributed by atoms with E-state index >= 15 is 0 Å². The summed E-state index contributed by atoms with van der Waals surface area (Å²) in [5.74, 6) is -0.0492. The van der Waals surface area contributed by atoms with Gasteiger partial charge in [0.1, 0.15) is 0 Å². The predicted octanol–water partition coefficient (Wildman–Crippen LogP) is 3.07. The van der Waals surface area contributed by atoms with Crippen molar-refractivity contribution in [2.45, 2.75) is 20.3 Å². The normalized spacial score (nSPS) is 13.2. The van der Waals surface area contributed by atoms with E-state index in [1.165, 1.54) is 0 Å². The first-order valence-electron chi connectivity index (χ1n) is 7.24. The van der Waals surface area contributed by atoms with Crippen molar-refractivity contribution < 1.29 is 9.59 Å². The maximum absolute atomic E-state index is 12.4. The summed E-state index contributed by atoms with van der Waals surface area (Å²) in [6.45, 7) is 3.89. The molecule has 0 radical (unpaired) electrons. The van der Waals surface area contributed by atoms with Crippen molar-refractivity contribution in [2.75, 3.05) is 17.3 Å². The molecule has 2 aromatic rings. The van der Waals surface area contributed by atoms with E-state index in [0.717, 1.165) is 22.4 Å². The molecule has 0 bridgehead atoms. The third kappa shape index (κ3) is 2.48. The number of fused-ring (bicyclic) bond motifs is 1. The fraction of sp³-hybridized carbons (Fsp3) is 0.222. The van der Waals surface area contributed by atoms with Gasteiger partial charge in [-0.05, 0) is 49.2 Å². The van der Waals surface area contributed by atoms with Crippen LogP contribution in [-0.4, -0.2) is 18.9 Å². The van der Waals surface area contributed by atoms with Crippen LogP contribution in [0, 0.1) is 13.8 Å². The van der Waals surface area contributed by atoms with Gasteiger partial charge in [-0.3, -0.25) is 9.59 Å². The van der Waals surface area contributed by atoms with Gasteiger partial charge in [0, 0.05) is 24.0 Å². The number of rotatable bonds is 2. The zero-order valence-corrected chi connectivity index (χ0v) is 12.9. The van der Waals surface area contributed by atoms with Gasteiger partial charge in [-0.1, -0.05) is 17.7 Å². The Morgan fingerprint density at radius 2 is 1.91 bits per heavy atom. The van der Waals surface area contributed by atoms with Crippen LogP contribution >= 0.6 is 0 Å². The molecule has 0 unspecified atom stereocenters. The molecule has 0 atom stereocenters. The van der Waals surface area contributed by atoms with E-state index in [4.69, 9.17) is 0 Å². The van der Waals surface area contributed by atoms with Gasteiger partial charge >= 0.3 is 0 Å². The Morgan fingerprint density at radius 3 is 2.68 bits per heavy atom. The first-order valence-corrected chi connectivity index (χ1v) is 7.24. The van der Waals surface area contributed by atoms with Crippen molar-refractivity contribution in [1.29, 1.82) is 0 Å². The minimum Gasteiger partial charge on any atom is -0.322 e. The topological polar surface area (TPSA) is 49.4 Å². The molecule has 4 nitrogen and oxygen atoms in total. The summed E-state index contributed by atoms with van der Waals surface area (Å²) in [5, 5.41) is 2.92. The van der Waals surface area contributed by atoms with Crippen molar-refractivity contribution in [3.63, 3.8) is 0 Å². The molecule has 2 aromatic carbocycles. The van der Waals surface area contributed by atoms with Crippen molar-refractivity contribution in [1.82, 2.24) is 0 Å². The number of benzene rings is 2. The summed E-state index contributed by atoms with van der Waals surface area (Å²) in [4.78, 5) is 25.8. The highest BCUT2D eigenvalue weighted by atomic mass is 16.2. The number of nitrogens with zero attached hydrogens (tertiary/aromatic N) is 1. The van der Waals surface area contributed by atoms with E-state index < -0.39 is 0 Å². The molecule has 112 valence electrons. The van der Waals surface area contributed by atoms with Crippen LogP contribution in [0.3, 0.4) is 0 Å². The zero-order chi connectivity index (χ0) is 15.9. The number of hydrogen-bond donors (Lipinski definition) is 1. The van der Waals surface area contributed by atoms with Crippen LogP contribution in [0.1, 0.15) is 27.0 Å². The fourth-order valence-corrected chi connectivity index (χ4v) is 2.73. The molecular weight excluding hydrogens is 276 g/mol. The van der Waals surface area contributed by atoms with Gasteiger partial charge in [0.15, 0.2) is 0 Å². The summed E-state index contributed by atoms with van der Waals surface area (Å²) in [7, 11) is 1.77. The quantitative estimate of drug-likeness (QED) is 0.925. The molecule has 4 heteroatoms. The second-order valence-electron chi connectivity index (χ2n) is 5.75. The highest BCUT2D eigenvalue weighted by molar-refractivity contribution is 6.06. The van der Waals surface area contributed by atoms with Crippen LogP contribution in [0.5, 0.6) is 0 Å². The zero-order valence-electron chi connectivity index (χ0n) is 12.9. The minimum absolute atomic E-state index is 0.0769. The van der Waals surface area contributed by atoms with Gasteiger partial charge in [0.2, 0.25) is 5.91 Å². The van der Waals surface area contributed by atoms with E-state index in [2.05, 4.69) is 5.32 Å². The molecule has 0 aromatic heterocycles. The van der Waals surface area contributed by atoms with Gasteiger partial charge < -0.3 is 10.2 Å². The first-order chi connectivity index (χ1) is 10.5. The van der Waals surface area contributed by atoms with Crippen molar-refractivity contribution in [3.8, 4) is 0 Å². The molecule has 22 heavy (non-hydrogen) atoms. The average molecular weight is 294 g/mol. The van der Waals surface area contributed by atoms with Crippen molar-refractivity contribution in [2.24, 2.45) is 0 Å². The highest BCUT2D eigenvalue weighted by Crippen LogP contribution is 2.30. The number of hydrogen-bond acceptors (Lipinski definition) is 2. The van der Waals surface area contributed by atoms with Gasteiger partial charge in [-0.25, -0.2) is 0 Å². The lowest BCUT2D eigenvalue weighted by Crippen LogP contribution is -2.20. The third-order valence-corrected chi connectivity index (χ3v) is 4.05. The molecule has 0 saturated heterocycles. The van der Waals surface area contributed by atoms with Gasteiger partial charge in [-0.2, -0.15) is 0 Å². The molecule has 3 rings (SSSR count). The number of carbonyl (C=O) groups excluding carboxylic acids is 2. The number of carbonyl (C=O) groups is 2. The van der Waals surface area contributed by atoms with E-state index in [1.54, 1.807) is 11.9 Å². The largest absolute Gasteiger partial charge is 0.322 e. The SMILES string of the molecule is Cc1ccc(C)c(C(=O)Nc2ccc3c(c2)CC(=O)N3C)c1. The van der Waals surface area contributed by atoms with Crippen LogP contribution in [0.25, 0.3) is 0 Å². The molecule has 0 aliphatic carbocycles. The van der Waals surface area contributed by atoms with Crippen LogP contribution in [0.2, 0.25) is 0 Å². The predicted molar refractivity (Wildman–Crippen MR) is 87.4 cm³/mol. The number of likely N-dealkylation sites (N-methyl/N-ethyl adjacent to an activating group) is 1. The maximum atomic E-state index is 12.4. The molecule has 0 fully saturated rings. The van der Waals surface area contributed by atoms with E-state index in [1.807, 2.05) is 50.2 Å². The number of aryl methyl sites for hydroxylation is 2. The lowest BCUT2D eigenvalue weighted by atomic mass is 10.0. The molecule has 1 heterocycles. The Hall–Kier alpha value is -2.62. The van der Waals surface area contributed by atoms with Gasteiger partial charge in [0.25, 0.3) is 5.91 Å². The lowest BCUT2D eigenvalue weighted by Gasteiger charge is -2.12. The first kappa shape index (κ1) is 14.3. The number of nitrogens with one attached hydrogen (secondary N) is 1. The second-order valence-corrected chi connectivity index (χ2v) is 5.75. The standard InChI is InChI=1S/C18H18N2O2/c1-11-4-5-12(2)15(8-11)18(22)19-14-6-7-16-13(9-14)10-17(21)20(16)3/h4-9H,10H2,1-3H3,(H,19,22). The molecule has 0 spiro atoms. The number of anilines is 2. The third-order valence-electron chi connectivity index (χ3n) is 4.05. The van der Waals surface area contributed by atoms with E-state index in [-0.39, 0.29) is 11.8 Å². The molecule has 1 N–H and O–H groups in total. The minimum atomic E-state index is -0.126. The van der Waals surface area contributed by atoms with Gasteiger partial charge in [0.05, 0.1) is 6.42 Å². The van der Waals surface area contributed by atoms with E-state index in [0.29, 0.717) is 17.7 Å². The Bertz CT molecular complexity index is 781. The Balaban J connectivity index is 1.85. The summed E-state index contributed by atoms with van der Waals surface area (Å²) in [6, 6.07) is 11.4. The smallest absolute Gasteiger partial charge is 0.255 e. The maximum Gasteiger partial charge on any atom is 0.255 e. The van der Waals surface area contributed by atoms with Crippen LogP contribution in [-0.2, 0) is 11.2 Å². The van der Waals surface area contributed by atoms with Crippen LogP contribution in [0.15, 0.2) is 36.4 Å². The molecular formula is C18H18N2O2. The molecule has 0 saturated carbocycles. The highest BCUT2D eigenvalue weighted by Gasteiger charge is 2.24. The second kappa shape index (κ2) is 5.30. The molecule has 1 aliphatic rings. The van der Waals surface area contributed by atoms with Crippen LogP contribution in [0.4, 0.5) is 11.4 Å². The van der Waals surface area contributed by atoms with Crippen molar-refractivity contribution >= 4 is 23.2 Å². The summed E-state index contributed by atoms with van der Waals surface area (Å²) in [6.07, 6.45) is 0.388. The summed E-state index contributed by atoms with van der Waals surface area (Å²) >= 11 is 0. The monoisotopic (exact) mass is 294 g/mol. The summed E-state index contributed by atoms with van der Waals surface area (Å²) < 4.78 is 0. The molecule has 1 aliphatic heterocycles. The number of amides is 2. The molecule has 2 amide bonds. The Labute approximate surface area is 129 Å². The van der Waals surface area contributed by atoms with E-state index in [9.17, 15) is 9.59 Å². The van der Waals surface area contributed by atoms with Gasteiger partial charge in [-0.15, -0.1) is 0 Å². The lowest BCUT2D eigenvalue weighted by molar-refractivity contribution is -0.117. The van der Waals surface area contributed by atoms with Crippen molar-refractivity contribution in [3.05, 3.63) is 58.7 Å². The Kier molecular flexibility index (Phi) is 3.45.